The summed E-state index contributed by atoms with van der Waals surface area (Å²) in [4.78, 5) is 64.9. The molecule has 16 atom stereocenters. The Labute approximate surface area is 354 Å². The smallest absolute Gasteiger partial charge is 0.309 e. The number of methoxy groups -OCH3 is 1. The first kappa shape index (κ1) is 51.1. The Morgan fingerprint density at radius 3 is 2.20 bits per heavy atom. The van der Waals surface area contributed by atoms with Gasteiger partial charge >= 0.3 is 23.9 Å². The summed E-state index contributed by atoms with van der Waals surface area (Å²) in [5, 5.41) is 23.5. The predicted octanol–water partition coefficient (Wildman–Crippen LogP) is 3.34. The van der Waals surface area contributed by atoms with Crippen molar-refractivity contribution >= 4 is 30.2 Å². The highest BCUT2D eigenvalue weighted by molar-refractivity contribution is 5.73. The molecule has 0 amide bonds. The van der Waals surface area contributed by atoms with Crippen LogP contribution >= 0.6 is 0 Å². The van der Waals surface area contributed by atoms with E-state index in [1.54, 1.807) is 78.8 Å². The Balaban J connectivity index is 2.06. The van der Waals surface area contributed by atoms with E-state index in [-0.39, 0.29) is 32.1 Å². The van der Waals surface area contributed by atoms with E-state index >= 15 is 0 Å². The molecule has 2 saturated heterocycles. The van der Waals surface area contributed by atoms with Crippen LogP contribution in [0.3, 0.4) is 0 Å². The minimum atomic E-state index is -1.50. The van der Waals surface area contributed by atoms with Gasteiger partial charge in [0.15, 0.2) is 18.7 Å². The van der Waals surface area contributed by atoms with Gasteiger partial charge in [-0.05, 0) is 66.1 Å². The van der Waals surface area contributed by atoms with Crippen molar-refractivity contribution in [2.45, 2.75) is 186 Å². The van der Waals surface area contributed by atoms with Gasteiger partial charge in [0.1, 0.15) is 48.5 Å². The minimum absolute atomic E-state index is 0.0166. The Morgan fingerprint density at radius 1 is 0.950 bits per heavy atom. The number of nitrogens with zero attached hydrogens (tertiary/aromatic N) is 1. The van der Waals surface area contributed by atoms with Crippen molar-refractivity contribution in [1.82, 2.24) is 4.90 Å². The van der Waals surface area contributed by atoms with Crippen LogP contribution in [0.15, 0.2) is 24.3 Å². The average molecular weight is 856 g/mol. The molecule has 0 bridgehead atoms. The van der Waals surface area contributed by atoms with E-state index in [9.17, 15) is 34.2 Å². The molecule has 17 heteroatoms. The number of esters is 4. The van der Waals surface area contributed by atoms with Crippen molar-refractivity contribution in [3.8, 4) is 0 Å². The molecule has 0 aromatic heterocycles. The summed E-state index contributed by atoms with van der Waals surface area (Å²) < 4.78 is 54.5. The minimum Gasteiger partial charge on any atom is -0.462 e. The number of rotatable bonds is 13. The molecule has 0 aromatic rings. The van der Waals surface area contributed by atoms with Crippen molar-refractivity contribution in [3.63, 3.8) is 0 Å². The summed E-state index contributed by atoms with van der Waals surface area (Å²) in [5.41, 5.74) is -1.50. The van der Waals surface area contributed by atoms with Gasteiger partial charge in [-0.15, -0.1) is 0 Å². The van der Waals surface area contributed by atoms with E-state index in [0.29, 0.717) is 12.7 Å². The van der Waals surface area contributed by atoms with Gasteiger partial charge in [0, 0.05) is 46.1 Å². The van der Waals surface area contributed by atoms with Crippen molar-refractivity contribution in [1.29, 1.82) is 0 Å². The van der Waals surface area contributed by atoms with Crippen LogP contribution in [0.4, 0.5) is 0 Å². The zero-order chi connectivity index (χ0) is 44.9. The van der Waals surface area contributed by atoms with Crippen LogP contribution in [0.1, 0.15) is 100 Å². The second-order valence-corrected chi connectivity index (χ2v) is 16.5. The topological polar surface area (TPSA) is 212 Å². The normalized spacial score (nSPS) is 39.5. The highest BCUT2D eigenvalue weighted by Crippen LogP contribution is 2.38. The third-order valence-corrected chi connectivity index (χ3v) is 11.2. The molecule has 3 aliphatic heterocycles. The van der Waals surface area contributed by atoms with Crippen LogP contribution in [-0.4, -0.2) is 152 Å². The zero-order valence-corrected chi connectivity index (χ0v) is 37.1. The SMILES string of the molecule is CCC(=O)O[C@@H]1CC(=O)O[C@H](C)C/C=C/C=C/[C@H](OC(C)=O)[C@H](C)C[C@H](CC=O)[C@H](O[C@@H]2O[C@@H](C)[C@@H](O[C@@H]3C[C@@](C)(O)[C@@H](OC(=O)CC)[C@H](C)O3)[C@H](N(C)C)[C@@H]2O)[C@H]1OC. The third-order valence-electron chi connectivity index (χ3n) is 11.2. The van der Waals surface area contributed by atoms with Crippen molar-refractivity contribution < 1.29 is 76.8 Å². The van der Waals surface area contributed by atoms with Crippen LogP contribution < -0.4 is 0 Å². The monoisotopic (exact) mass is 855 g/mol. The molecule has 0 spiro atoms. The number of hydrogen-bond donors (Lipinski definition) is 2. The van der Waals surface area contributed by atoms with Gasteiger partial charge in [-0.3, -0.25) is 19.2 Å². The summed E-state index contributed by atoms with van der Waals surface area (Å²) >= 11 is 0. The third kappa shape index (κ3) is 14.4. The van der Waals surface area contributed by atoms with Gasteiger partial charge in [-0.25, -0.2) is 0 Å². The number of aldehydes is 1. The van der Waals surface area contributed by atoms with Crippen LogP contribution in [0.25, 0.3) is 0 Å². The number of hydrogen-bond acceptors (Lipinski definition) is 17. The predicted molar refractivity (Wildman–Crippen MR) is 215 cm³/mol. The maximum atomic E-state index is 13.4. The van der Waals surface area contributed by atoms with Gasteiger partial charge in [0.2, 0.25) is 0 Å². The number of carbonyl (C=O) groups is 5. The molecule has 17 nitrogen and oxygen atoms in total. The van der Waals surface area contributed by atoms with E-state index < -0.39 is 127 Å². The molecule has 342 valence electrons. The molecule has 2 fully saturated rings. The summed E-state index contributed by atoms with van der Waals surface area (Å²) in [7, 11) is 4.84. The number of ether oxygens (including phenoxy) is 9. The van der Waals surface area contributed by atoms with Crippen LogP contribution in [0, 0.1) is 11.8 Å². The summed E-state index contributed by atoms with van der Waals surface area (Å²) in [6.45, 7) is 13.1. The fourth-order valence-corrected chi connectivity index (χ4v) is 8.16. The first-order valence-electron chi connectivity index (χ1n) is 21.0. The molecule has 0 unspecified atom stereocenters. The van der Waals surface area contributed by atoms with E-state index in [4.69, 9.17) is 42.6 Å². The second kappa shape index (κ2) is 23.8. The highest BCUT2D eigenvalue weighted by Gasteiger charge is 2.53. The van der Waals surface area contributed by atoms with Crippen molar-refractivity contribution in [3.05, 3.63) is 24.3 Å². The molecule has 0 aliphatic carbocycles. The second-order valence-electron chi connectivity index (χ2n) is 16.5. The first-order chi connectivity index (χ1) is 28.3. The number of allylic oxidation sites excluding steroid dienone is 2. The number of aliphatic hydroxyl groups excluding tert-OH is 1. The van der Waals surface area contributed by atoms with Gasteiger partial charge in [-0.2, -0.15) is 0 Å². The molecule has 3 aliphatic rings. The molecule has 3 heterocycles. The van der Waals surface area contributed by atoms with E-state index in [1.807, 2.05) is 13.0 Å². The quantitative estimate of drug-likeness (QED) is 0.155. The molecule has 0 aromatic carbocycles. The van der Waals surface area contributed by atoms with Crippen molar-refractivity contribution in [2.75, 3.05) is 21.2 Å². The molecular weight excluding hydrogens is 786 g/mol. The molecule has 2 N–H and O–H groups in total. The van der Waals surface area contributed by atoms with Gasteiger partial charge in [0.05, 0.1) is 30.8 Å². The van der Waals surface area contributed by atoms with Crippen LogP contribution in [-0.2, 0) is 66.6 Å². The lowest BCUT2D eigenvalue weighted by Crippen LogP contribution is -2.66. The molecule has 0 saturated carbocycles. The highest BCUT2D eigenvalue weighted by atomic mass is 16.7. The molecule has 60 heavy (non-hydrogen) atoms. The Hall–Kier alpha value is -3.29. The van der Waals surface area contributed by atoms with Crippen LogP contribution in [0.2, 0.25) is 0 Å². The van der Waals surface area contributed by atoms with Gasteiger partial charge in [0.25, 0.3) is 0 Å². The van der Waals surface area contributed by atoms with Crippen LogP contribution in [0.5, 0.6) is 0 Å². The maximum Gasteiger partial charge on any atom is 0.309 e. The maximum absolute atomic E-state index is 13.4. The number of aliphatic hydroxyl groups is 2. The Morgan fingerprint density at radius 2 is 1.62 bits per heavy atom. The Kier molecular flexibility index (Phi) is 20.3. The van der Waals surface area contributed by atoms with Crippen molar-refractivity contribution in [2.24, 2.45) is 11.8 Å². The molecule has 3 rings (SSSR count). The summed E-state index contributed by atoms with van der Waals surface area (Å²) in [6, 6.07) is -0.800. The number of likely N-dealkylation sites (N-methyl/N-ethyl adjacent to an activating group) is 1. The molecule has 0 radical (unpaired) electrons. The zero-order valence-electron chi connectivity index (χ0n) is 37.1. The summed E-state index contributed by atoms with van der Waals surface area (Å²) in [5.74, 6) is -3.40. The van der Waals surface area contributed by atoms with Gasteiger partial charge in [-0.1, -0.05) is 39.0 Å². The lowest BCUT2D eigenvalue weighted by atomic mass is 9.82. The lowest BCUT2D eigenvalue weighted by Gasteiger charge is -2.50. The summed E-state index contributed by atoms with van der Waals surface area (Å²) in [6.07, 6.45) is -4.14. The van der Waals surface area contributed by atoms with E-state index in [1.165, 1.54) is 14.0 Å². The standard InChI is InChI=1S/C43H69NO16/c1-12-32(47)57-31-22-34(49)53-25(4)17-15-14-16-18-30(56-28(7)46)24(3)21-29(19-20-45)39(40(31)52-11)60-42-37(50)36(44(9)10)38(26(5)55-42)59-35-23-43(8,51)41(27(6)54-35)58-33(48)13-2/h14-16,18,20,24-27,29-31,35-42,50-51H,12-13,17,19,21-23H2,1-11H3/b15-14+,18-16+/t24-,25-,26+,27+,29+,30+,31-,35-,36-,37+,38-,39+,40+,41+,42+,43-/m1/s1. The van der Waals surface area contributed by atoms with E-state index in [2.05, 4.69) is 0 Å². The van der Waals surface area contributed by atoms with Gasteiger partial charge < -0.3 is 62.5 Å². The Bertz CT molecular complexity index is 1470. The average Bonchev–Trinajstić information content (AvgIpc) is 3.15. The largest absolute Gasteiger partial charge is 0.462 e. The first-order valence-corrected chi connectivity index (χ1v) is 21.0. The fourth-order valence-electron chi connectivity index (χ4n) is 8.16. The fraction of sp³-hybridized carbons (Fsp3) is 0.791. The lowest BCUT2D eigenvalue weighted by molar-refractivity contribution is -0.344. The van der Waals surface area contributed by atoms with E-state index in [0.717, 1.165) is 0 Å². The number of carbonyl (C=O) groups excluding carboxylic acids is 5. The molecular formula is C43H69NO16. The number of cyclic esters (lactones) is 1.